The second-order valence-electron chi connectivity index (χ2n) is 7.77. The van der Waals surface area contributed by atoms with Crippen LogP contribution in [0.1, 0.15) is 48.1 Å². The van der Waals surface area contributed by atoms with E-state index >= 15 is 0 Å². The van der Waals surface area contributed by atoms with Crippen LogP contribution in [0.25, 0.3) is 0 Å². The number of hydrogen-bond acceptors (Lipinski definition) is 2. The van der Waals surface area contributed by atoms with Crippen LogP contribution in [0.5, 0.6) is 0 Å². The lowest BCUT2D eigenvalue weighted by atomic mass is 9.94. The summed E-state index contributed by atoms with van der Waals surface area (Å²) in [7, 11) is 0. The van der Waals surface area contributed by atoms with Gasteiger partial charge < -0.3 is 5.32 Å². The Morgan fingerprint density at radius 3 is 2.59 bits per heavy atom. The van der Waals surface area contributed by atoms with Crippen molar-refractivity contribution in [2.24, 2.45) is 5.92 Å². The predicted molar refractivity (Wildman–Crippen MR) is 112 cm³/mol. The van der Waals surface area contributed by atoms with Gasteiger partial charge in [-0.05, 0) is 75.5 Å². The zero-order chi connectivity index (χ0) is 19.4. The van der Waals surface area contributed by atoms with Crippen molar-refractivity contribution >= 4 is 17.5 Å². The van der Waals surface area contributed by atoms with E-state index in [0.717, 1.165) is 37.5 Å². The lowest BCUT2D eigenvalue weighted by Gasteiger charge is -2.32. The fourth-order valence-corrected chi connectivity index (χ4v) is 4.18. The maximum absolute atomic E-state index is 12.7. The SMILES string of the molecule is Cc1ccc([C@@H](C)NC(=O)C2CCN(Cc3cccc(Cl)c3)CC2)c(C)c1. The Bertz CT molecular complexity index is 797. The third kappa shape index (κ3) is 5.33. The maximum Gasteiger partial charge on any atom is 0.223 e. The first kappa shape index (κ1) is 19.9. The number of halogens is 1. The normalized spacial score (nSPS) is 16.9. The molecule has 2 aromatic carbocycles. The average molecular weight is 385 g/mol. The van der Waals surface area contributed by atoms with Crippen LogP contribution >= 0.6 is 11.6 Å². The first-order valence-corrected chi connectivity index (χ1v) is 10.1. The summed E-state index contributed by atoms with van der Waals surface area (Å²) < 4.78 is 0. The predicted octanol–water partition coefficient (Wildman–Crippen LogP) is 5.05. The summed E-state index contributed by atoms with van der Waals surface area (Å²) in [5.41, 5.74) is 4.92. The molecule has 1 N–H and O–H groups in total. The molecule has 3 nitrogen and oxygen atoms in total. The van der Waals surface area contributed by atoms with Crippen LogP contribution in [-0.4, -0.2) is 23.9 Å². The Balaban J connectivity index is 1.50. The van der Waals surface area contributed by atoms with Gasteiger partial charge in [0.15, 0.2) is 0 Å². The third-order valence-corrected chi connectivity index (χ3v) is 5.74. The van der Waals surface area contributed by atoms with Crippen LogP contribution in [0.15, 0.2) is 42.5 Å². The maximum atomic E-state index is 12.7. The summed E-state index contributed by atoms with van der Waals surface area (Å²) in [6.45, 7) is 9.07. The Kier molecular flexibility index (Phi) is 6.56. The summed E-state index contributed by atoms with van der Waals surface area (Å²) >= 11 is 6.07. The number of amides is 1. The summed E-state index contributed by atoms with van der Waals surface area (Å²) in [6.07, 6.45) is 1.82. The molecule has 0 radical (unpaired) electrons. The number of carbonyl (C=O) groups is 1. The van der Waals surface area contributed by atoms with E-state index in [-0.39, 0.29) is 17.9 Å². The fourth-order valence-electron chi connectivity index (χ4n) is 3.97. The number of nitrogens with one attached hydrogen (secondary N) is 1. The van der Waals surface area contributed by atoms with Crippen molar-refractivity contribution in [3.05, 3.63) is 69.7 Å². The smallest absolute Gasteiger partial charge is 0.223 e. The number of benzene rings is 2. The lowest BCUT2D eigenvalue weighted by Crippen LogP contribution is -2.41. The highest BCUT2D eigenvalue weighted by molar-refractivity contribution is 6.30. The average Bonchev–Trinajstić information content (AvgIpc) is 2.62. The number of piperidine rings is 1. The minimum absolute atomic E-state index is 0.0441. The minimum atomic E-state index is 0.0441. The highest BCUT2D eigenvalue weighted by Gasteiger charge is 2.26. The van der Waals surface area contributed by atoms with E-state index in [9.17, 15) is 4.79 Å². The van der Waals surface area contributed by atoms with Crippen LogP contribution in [0, 0.1) is 19.8 Å². The molecule has 1 atom stereocenters. The molecule has 4 heteroatoms. The zero-order valence-corrected chi connectivity index (χ0v) is 17.2. The van der Waals surface area contributed by atoms with Crippen LogP contribution < -0.4 is 5.32 Å². The van der Waals surface area contributed by atoms with Crippen LogP contribution in [0.4, 0.5) is 0 Å². The van der Waals surface area contributed by atoms with E-state index in [2.05, 4.69) is 55.3 Å². The van der Waals surface area contributed by atoms with Gasteiger partial charge in [-0.25, -0.2) is 0 Å². The number of nitrogens with zero attached hydrogens (tertiary/aromatic N) is 1. The van der Waals surface area contributed by atoms with Gasteiger partial charge in [-0.1, -0.05) is 47.5 Å². The Labute approximate surface area is 167 Å². The molecule has 1 fully saturated rings. The quantitative estimate of drug-likeness (QED) is 0.782. The van der Waals surface area contributed by atoms with Gasteiger partial charge in [0.05, 0.1) is 6.04 Å². The largest absolute Gasteiger partial charge is 0.349 e. The van der Waals surface area contributed by atoms with Gasteiger partial charge in [0.1, 0.15) is 0 Å². The van der Waals surface area contributed by atoms with Gasteiger partial charge in [-0.15, -0.1) is 0 Å². The van der Waals surface area contributed by atoms with Gasteiger partial charge in [-0.3, -0.25) is 9.69 Å². The van der Waals surface area contributed by atoms with E-state index < -0.39 is 0 Å². The van der Waals surface area contributed by atoms with E-state index in [1.807, 2.05) is 18.2 Å². The van der Waals surface area contributed by atoms with E-state index in [1.165, 1.54) is 22.3 Å². The minimum Gasteiger partial charge on any atom is -0.349 e. The fraction of sp³-hybridized carbons (Fsp3) is 0.435. The molecule has 0 saturated carbocycles. The summed E-state index contributed by atoms with van der Waals surface area (Å²) in [4.78, 5) is 15.1. The molecule has 1 aliphatic rings. The Morgan fingerprint density at radius 2 is 1.93 bits per heavy atom. The second kappa shape index (κ2) is 8.90. The second-order valence-corrected chi connectivity index (χ2v) is 8.21. The van der Waals surface area contributed by atoms with Crippen LogP contribution in [-0.2, 0) is 11.3 Å². The molecule has 0 aromatic heterocycles. The standard InChI is InChI=1S/C23H29ClN2O/c1-16-7-8-22(17(2)13-16)18(3)25-23(27)20-9-11-26(12-10-20)15-19-5-4-6-21(24)14-19/h4-8,13-14,18,20H,9-12,15H2,1-3H3,(H,25,27)/t18-/m1/s1. The highest BCUT2D eigenvalue weighted by atomic mass is 35.5. The van der Waals surface area contributed by atoms with Crippen molar-refractivity contribution in [3.8, 4) is 0 Å². The van der Waals surface area contributed by atoms with Gasteiger partial charge >= 0.3 is 0 Å². The van der Waals surface area contributed by atoms with E-state index in [4.69, 9.17) is 11.6 Å². The first-order valence-electron chi connectivity index (χ1n) is 9.76. The third-order valence-electron chi connectivity index (χ3n) is 5.50. The molecule has 144 valence electrons. The lowest BCUT2D eigenvalue weighted by molar-refractivity contribution is -0.127. The van der Waals surface area contributed by atoms with Crippen LogP contribution in [0.2, 0.25) is 5.02 Å². The van der Waals surface area contributed by atoms with Crippen molar-refractivity contribution in [1.82, 2.24) is 10.2 Å². The summed E-state index contributed by atoms with van der Waals surface area (Å²) in [6, 6.07) is 14.5. The highest BCUT2D eigenvalue weighted by Crippen LogP contribution is 2.23. The summed E-state index contributed by atoms with van der Waals surface area (Å²) in [5.74, 6) is 0.290. The number of carbonyl (C=O) groups excluding carboxylic acids is 1. The number of hydrogen-bond donors (Lipinski definition) is 1. The number of rotatable bonds is 5. The molecule has 1 amide bonds. The molecule has 1 heterocycles. The molecule has 0 aliphatic carbocycles. The van der Waals surface area contributed by atoms with E-state index in [0.29, 0.717) is 0 Å². The molecule has 27 heavy (non-hydrogen) atoms. The molecule has 0 bridgehead atoms. The molecule has 1 aliphatic heterocycles. The van der Waals surface area contributed by atoms with Crippen LogP contribution in [0.3, 0.4) is 0 Å². The summed E-state index contributed by atoms with van der Waals surface area (Å²) in [5, 5.41) is 4.00. The molecule has 1 saturated heterocycles. The molecular formula is C23H29ClN2O. The molecule has 2 aromatic rings. The molecule has 3 rings (SSSR count). The van der Waals surface area contributed by atoms with E-state index in [1.54, 1.807) is 0 Å². The van der Waals surface area contributed by atoms with Gasteiger partial charge in [-0.2, -0.15) is 0 Å². The molecular weight excluding hydrogens is 356 g/mol. The van der Waals surface area contributed by atoms with Gasteiger partial charge in [0.25, 0.3) is 0 Å². The Morgan fingerprint density at radius 1 is 1.19 bits per heavy atom. The van der Waals surface area contributed by atoms with Crippen molar-refractivity contribution in [3.63, 3.8) is 0 Å². The number of aryl methyl sites for hydroxylation is 2. The number of likely N-dealkylation sites (tertiary alicyclic amines) is 1. The van der Waals surface area contributed by atoms with Crippen molar-refractivity contribution in [1.29, 1.82) is 0 Å². The molecule has 0 unspecified atom stereocenters. The van der Waals surface area contributed by atoms with Gasteiger partial charge in [0, 0.05) is 17.5 Å². The van der Waals surface area contributed by atoms with Crippen molar-refractivity contribution in [2.75, 3.05) is 13.1 Å². The topological polar surface area (TPSA) is 32.3 Å². The van der Waals surface area contributed by atoms with Crippen molar-refractivity contribution in [2.45, 2.75) is 46.2 Å². The Hall–Kier alpha value is -1.84. The molecule has 0 spiro atoms. The zero-order valence-electron chi connectivity index (χ0n) is 16.5. The first-order chi connectivity index (χ1) is 12.9. The van der Waals surface area contributed by atoms with Gasteiger partial charge in [0.2, 0.25) is 5.91 Å². The monoisotopic (exact) mass is 384 g/mol. The van der Waals surface area contributed by atoms with Crippen molar-refractivity contribution < 1.29 is 4.79 Å².